The maximum atomic E-state index is 13.5. The molecule has 0 atom stereocenters. The first-order valence-electron chi connectivity index (χ1n) is 10.5. The quantitative estimate of drug-likeness (QED) is 0.473. The predicted molar refractivity (Wildman–Crippen MR) is 115 cm³/mol. The van der Waals surface area contributed by atoms with Gasteiger partial charge in [-0.05, 0) is 44.2 Å². The Morgan fingerprint density at radius 3 is 2.21 bits per heavy atom. The molecule has 0 bridgehead atoms. The molecule has 3 aromatic heterocycles. The monoisotopic (exact) mass is 449 g/mol. The Hall–Kier alpha value is -4.08. The van der Waals surface area contributed by atoms with Crippen LogP contribution < -0.4 is 0 Å². The summed E-state index contributed by atoms with van der Waals surface area (Å²) < 4.78 is 23.8. The number of carbonyl (C=O) groups excluding carboxylic acids is 2. The van der Waals surface area contributed by atoms with Gasteiger partial charge >= 0.3 is 0 Å². The summed E-state index contributed by atoms with van der Waals surface area (Å²) >= 11 is 0. The van der Waals surface area contributed by atoms with Gasteiger partial charge in [-0.3, -0.25) is 9.59 Å². The molecule has 1 saturated heterocycles. The fourth-order valence-corrected chi connectivity index (χ4v) is 3.94. The lowest BCUT2D eigenvalue weighted by Crippen LogP contribution is -2.50. The Bertz CT molecular complexity index is 1350. The first-order valence-corrected chi connectivity index (χ1v) is 10.5. The lowest BCUT2D eigenvalue weighted by atomic mass is 10.0. The van der Waals surface area contributed by atoms with E-state index in [1.807, 2.05) is 0 Å². The van der Waals surface area contributed by atoms with E-state index >= 15 is 0 Å². The van der Waals surface area contributed by atoms with Crippen molar-refractivity contribution >= 4 is 22.9 Å². The Morgan fingerprint density at radius 1 is 0.909 bits per heavy atom. The number of carbonyl (C=O) groups is 2. The first-order chi connectivity index (χ1) is 15.9. The maximum absolute atomic E-state index is 13.5. The molecule has 0 saturated carbocycles. The van der Waals surface area contributed by atoms with Gasteiger partial charge in [0.25, 0.3) is 17.5 Å². The van der Waals surface area contributed by atoms with Crippen molar-refractivity contribution in [2.75, 3.05) is 26.2 Å². The van der Waals surface area contributed by atoms with Crippen LogP contribution in [0.25, 0.3) is 22.4 Å². The average Bonchev–Trinajstić information content (AvgIpc) is 3.44. The van der Waals surface area contributed by atoms with Crippen LogP contribution >= 0.6 is 0 Å². The molecule has 0 spiro atoms. The second-order valence-corrected chi connectivity index (χ2v) is 7.93. The minimum atomic E-state index is -0.362. The van der Waals surface area contributed by atoms with Crippen LogP contribution in [0.5, 0.6) is 0 Å². The van der Waals surface area contributed by atoms with E-state index in [9.17, 15) is 14.0 Å². The summed E-state index contributed by atoms with van der Waals surface area (Å²) in [5, 5.41) is 8.27. The van der Waals surface area contributed by atoms with Gasteiger partial charge in [0.1, 0.15) is 5.82 Å². The second-order valence-electron chi connectivity index (χ2n) is 7.93. The van der Waals surface area contributed by atoms with Gasteiger partial charge in [0.15, 0.2) is 0 Å². The van der Waals surface area contributed by atoms with Gasteiger partial charge in [-0.15, -0.1) is 0 Å². The van der Waals surface area contributed by atoms with Crippen molar-refractivity contribution in [2.24, 2.45) is 0 Å². The fraction of sp³-hybridized carbons (Fsp3) is 0.261. The lowest BCUT2D eigenvalue weighted by molar-refractivity contribution is 0.0513. The molecule has 1 aliphatic rings. The number of hydrogen-bond donors (Lipinski definition) is 0. The zero-order valence-corrected chi connectivity index (χ0v) is 18.0. The van der Waals surface area contributed by atoms with E-state index in [4.69, 9.17) is 9.05 Å². The number of fused-ring (bicyclic) bond motifs is 1. The molecule has 0 radical (unpaired) electrons. The summed E-state index contributed by atoms with van der Waals surface area (Å²) in [6.07, 6.45) is 0. The average molecular weight is 449 g/mol. The highest BCUT2D eigenvalue weighted by Crippen LogP contribution is 2.28. The fourth-order valence-electron chi connectivity index (χ4n) is 3.94. The Morgan fingerprint density at radius 2 is 1.58 bits per heavy atom. The van der Waals surface area contributed by atoms with Crippen LogP contribution in [0.1, 0.15) is 32.3 Å². The van der Waals surface area contributed by atoms with Gasteiger partial charge in [0, 0.05) is 37.8 Å². The van der Waals surface area contributed by atoms with E-state index in [0.717, 1.165) is 0 Å². The molecule has 10 heteroatoms. The minimum absolute atomic E-state index is 0.187. The number of pyridine rings is 1. The van der Waals surface area contributed by atoms with Gasteiger partial charge in [-0.2, -0.15) is 0 Å². The third-order valence-corrected chi connectivity index (χ3v) is 5.68. The number of hydrogen-bond acceptors (Lipinski definition) is 7. The Balaban J connectivity index is 1.41. The number of amides is 2. The molecule has 168 valence electrons. The Labute approximate surface area is 187 Å². The van der Waals surface area contributed by atoms with Crippen molar-refractivity contribution in [3.05, 3.63) is 64.9 Å². The third kappa shape index (κ3) is 3.84. The van der Waals surface area contributed by atoms with Crippen LogP contribution in [0.3, 0.4) is 0 Å². The van der Waals surface area contributed by atoms with Crippen LogP contribution in [0.4, 0.5) is 4.39 Å². The number of nitrogens with zero attached hydrogens (tertiary/aromatic N) is 5. The highest BCUT2D eigenvalue weighted by atomic mass is 19.1. The Kier molecular flexibility index (Phi) is 5.12. The molecular weight excluding hydrogens is 429 g/mol. The largest absolute Gasteiger partial charge is 0.351 e. The summed E-state index contributed by atoms with van der Waals surface area (Å²) in [7, 11) is 0. The van der Waals surface area contributed by atoms with E-state index in [1.54, 1.807) is 47.9 Å². The maximum Gasteiger partial charge on any atom is 0.292 e. The second kappa shape index (κ2) is 8.12. The van der Waals surface area contributed by atoms with Crippen LogP contribution in [0.2, 0.25) is 0 Å². The van der Waals surface area contributed by atoms with E-state index in [0.29, 0.717) is 59.8 Å². The highest BCUT2D eigenvalue weighted by Gasteiger charge is 2.29. The number of aryl methyl sites for hydroxylation is 2. The predicted octanol–water partition coefficient (Wildman–Crippen LogP) is 3.23. The van der Waals surface area contributed by atoms with E-state index in [1.165, 1.54) is 12.1 Å². The summed E-state index contributed by atoms with van der Waals surface area (Å²) in [4.78, 5) is 33.9. The molecule has 4 heterocycles. The van der Waals surface area contributed by atoms with Crippen LogP contribution in [0.15, 0.2) is 45.4 Å². The number of rotatable bonds is 3. The van der Waals surface area contributed by atoms with E-state index < -0.39 is 0 Å². The zero-order valence-electron chi connectivity index (χ0n) is 18.0. The van der Waals surface area contributed by atoms with Crippen LogP contribution in [0, 0.1) is 19.7 Å². The molecular formula is C23H20FN5O4. The van der Waals surface area contributed by atoms with E-state index in [-0.39, 0.29) is 29.1 Å². The van der Waals surface area contributed by atoms with Gasteiger partial charge in [-0.25, -0.2) is 9.37 Å². The van der Waals surface area contributed by atoms with Gasteiger partial charge in [0.2, 0.25) is 5.76 Å². The molecule has 33 heavy (non-hydrogen) atoms. The molecule has 5 rings (SSSR count). The van der Waals surface area contributed by atoms with Gasteiger partial charge in [-0.1, -0.05) is 10.3 Å². The first kappa shape index (κ1) is 20.8. The normalized spacial score (nSPS) is 14.2. The van der Waals surface area contributed by atoms with Crippen molar-refractivity contribution in [1.29, 1.82) is 0 Å². The number of piperazine rings is 1. The molecule has 1 fully saturated rings. The molecule has 2 amide bonds. The molecule has 0 N–H and O–H groups in total. The molecule has 1 aliphatic heterocycles. The summed E-state index contributed by atoms with van der Waals surface area (Å²) in [6, 6.07) is 9.13. The number of aromatic nitrogens is 3. The lowest BCUT2D eigenvalue weighted by Gasteiger charge is -2.34. The minimum Gasteiger partial charge on any atom is -0.351 e. The van der Waals surface area contributed by atoms with Gasteiger partial charge in [0.05, 0.1) is 28.0 Å². The van der Waals surface area contributed by atoms with Crippen LogP contribution in [-0.2, 0) is 0 Å². The molecule has 4 aromatic rings. The standard InChI is InChI=1S/C23H20FN5O4/c1-13-11-19(32-26-13)23(31)29-9-7-28(8-10-29)22(30)17-12-18(15-3-5-16(24)6-4-15)25-21-20(17)14(2)27-33-21/h3-6,11-12H,7-10H2,1-2H3. The third-order valence-electron chi connectivity index (χ3n) is 5.68. The van der Waals surface area contributed by atoms with Gasteiger partial charge < -0.3 is 18.8 Å². The summed E-state index contributed by atoms with van der Waals surface area (Å²) in [5.41, 5.74) is 2.97. The van der Waals surface area contributed by atoms with Crippen molar-refractivity contribution in [2.45, 2.75) is 13.8 Å². The van der Waals surface area contributed by atoms with Crippen molar-refractivity contribution in [3.8, 4) is 11.3 Å². The summed E-state index contributed by atoms with van der Waals surface area (Å²) in [6.45, 7) is 4.95. The highest BCUT2D eigenvalue weighted by molar-refractivity contribution is 6.07. The van der Waals surface area contributed by atoms with Crippen molar-refractivity contribution in [1.82, 2.24) is 25.1 Å². The SMILES string of the molecule is Cc1cc(C(=O)N2CCN(C(=O)c3cc(-c4ccc(F)cc4)nc4onc(C)c34)CC2)on1. The van der Waals surface area contributed by atoms with E-state index in [2.05, 4.69) is 15.3 Å². The molecule has 0 unspecified atom stereocenters. The molecule has 0 aliphatic carbocycles. The smallest absolute Gasteiger partial charge is 0.292 e. The topological polar surface area (TPSA) is 106 Å². The van der Waals surface area contributed by atoms with Crippen molar-refractivity contribution in [3.63, 3.8) is 0 Å². The number of halogens is 1. The molecule has 1 aromatic carbocycles. The molecule has 9 nitrogen and oxygen atoms in total. The zero-order chi connectivity index (χ0) is 23.1. The summed E-state index contributed by atoms with van der Waals surface area (Å²) in [5.74, 6) is -0.631. The van der Waals surface area contributed by atoms with Crippen LogP contribution in [-0.4, -0.2) is 63.1 Å². The number of benzene rings is 1. The van der Waals surface area contributed by atoms with Crippen molar-refractivity contribution < 1.29 is 23.0 Å².